The van der Waals surface area contributed by atoms with E-state index in [-0.39, 0.29) is 18.2 Å². The SMILES string of the molecule is CC(C)(C)OC(=O)NCCCCCC(=O)Nc1ccsc1-c1nc(C(=O)O)c(O)c(=O)[nH]1. The molecule has 0 spiro atoms. The van der Waals surface area contributed by atoms with E-state index >= 15 is 0 Å². The van der Waals surface area contributed by atoms with E-state index in [1.165, 1.54) is 0 Å². The molecule has 0 saturated heterocycles. The van der Waals surface area contributed by atoms with Crippen molar-refractivity contribution in [3.8, 4) is 16.5 Å². The third-order valence-electron chi connectivity index (χ3n) is 4.00. The van der Waals surface area contributed by atoms with E-state index in [0.29, 0.717) is 36.4 Å². The number of carboxylic acid groups (broad SMARTS) is 1. The lowest BCUT2D eigenvalue weighted by Crippen LogP contribution is -2.33. The fourth-order valence-electron chi connectivity index (χ4n) is 2.62. The third-order valence-corrected chi connectivity index (χ3v) is 4.92. The molecule has 0 aliphatic rings. The van der Waals surface area contributed by atoms with Crippen molar-refractivity contribution in [1.82, 2.24) is 15.3 Å². The largest absolute Gasteiger partial charge is 0.501 e. The van der Waals surface area contributed by atoms with Crippen molar-refractivity contribution in [2.45, 2.75) is 52.1 Å². The first-order chi connectivity index (χ1) is 15.0. The zero-order chi connectivity index (χ0) is 23.9. The Bertz CT molecular complexity index is 1040. The molecule has 0 aliphatic heterocycles. The molecule has 11 nitrogen and oxygen atoms in total. The average molecular weight is 467 g/mol. The number of unbranched alkanes of at least 4 members (excludes halogenated alkanes) is 2. The maximum Gasteiger partial charge on any atom is 0.407 e. The van der Waals surface area contributed by atoms with Crippen LogP contribution >= 0.6 is 11.3 Å². The van der Waals surface area contributed by atoms with E-state index in [2.05, 4.69) is 20.6 Å². The minimum Gasteiger partial charge on any atom is -0.501 e. The summed E-state index contributed by atoms with van der Waals surface area (Å²) in [4.78, 5) is 53.3. The Morgan fingerprint density at radius 2 is 1.94 bits per heavy atom. The molecule has 2 amide bonds. The summed E-state index contributed by atoms with van der Waals surface area (Å²) in [7, 11) is 0. The summed E-state index contributed by atoms with van der Waals surface area (Å²) < 4.78 is 5.14. The second kappa shape index (κ2) is 10.8. The van der Waals surface area contributed by atoms with E-state index in [4.69, 9.17) is 9.84 Å². The maximum atomic E-state index is 12.3. The summed E-state index contributed by atoms with van der Waals surface area (Å²) in [6.45, 7) is 5.79. The Hall–Kier alpha value is -3.41. The molecule has 0 radical (unpaired) electrons. The highest BCUT2D eigenvalue weighted by Gasteiger charge is 2.20. The molecule has 0 saturated carbocycles. The van der Waals surface area contributed by atoms with Crippen molar-refractivity contribution < 1.29 is 29.3 Å². The number of thiophene rings is 1. The fourth-order valence-corrected chi connectivity index (χ4v) is 3.41. The number of carbonyl (C=O) groups excluding carboxylic acids is 2. The van der Waals surface area contributed by atoms with Gasteiger partial charge in [-0.2, -0.15) is 0 Å². The van der Waals surface area contributed by atoms with Gasteiger partial charge in [-0.25, -0.2) is 14.6 Å². The first-order valence-corrected chi connectivity index (χ1v) is 10.8. The van der Waals surface area contributed by atoms with E-state index in [9.17, 15) is 24.3 Å². The summed E-state index contributed by atoms with van der Waals surface area (Å²) in [5.41, 5.74) is -1.94. The molecule has 32 heavy (non-hydrogen) atoms. The molecule has 5 N–H and O–H groups in total. The lowest BCUT2D eigenvalue weighted by molar-refractivity contribution is -0.116. The minimum absolute atomic E-state index is 0.0660. The molecule has 0 fully saturated rings. The Morgan fingerprint density at radius 3 is 2.59 bits per heavy atom. The number of hydrogen-bond acceptors (Lipinski definition) is 8. The summed E-state index contributed by atoms with van der Waals surface area (Å²) in [6.07, 6.45) is 1.76. The molecule has 0 aliphatic carbocycles. The van der Waals surface area contributed by atoms with E-state index in [1.54, 1.807) is 32.2 Å². The monoisotopic (exact) mass is 466 g/mol. The quantitative estimate of drug-likeness (QED) is 0.351. The number of anilines is 1. The molecule has 0 unspecified atom stereocenters. The van der Waals surface area contributed by atoms with Crippen LogP contribution in [0.3, 0.4) is 0 Å². The maximum absolute atomic E-state index is 12.3. The van der Waals surface area contributed by atoms with Crippen molar-refractivity contribution in [2.75, 3.05) is 11.9 Å². The van der Waals surface area contributed by atoms with Crippen molar-refractivity contribution in [2.24, 2.45) is 0 Å². The van der Waals surface area contributed by atoms with Crippen LogP contribution in [0.5, 0.6) is 5.75 Å². The number of ether oxygens (including phenoxy) is 1. The summed E-state index contributed by atoms with van der Waals surface area (Å²) in [5, 5.41) is 25.7. The molecule has 0 atom stereocenters. The molecule has 0 bridgehead atoms. The number of nitrogens with zero attached hydrogens (tertiary/aromatic N) is 1. The van der Waals surface area contributed by atoms with Gasteiger partial charge in [0.15, 0.2) is 11.5 Å². The van der Waals surface area contributed by atoms with Crippen LogP contribution in [-0.4, -0.2) is 50.3 Å². The number of aromatic carboxylic acids is 1. The van der Waals surface area contributed by atoms with Gasteiger partial charge in [0.25, 0.3) is 5.56 Å². The van der Waals surface area contributed by atoms with Gasteiger partial charge >= 0.3 is 12.1 Å². The first-order valence-electron chi connectivity index (χ1n) is 9.89. The number of alkyl carbamates (subject to hydrolysis) is 1. The molecular weight excluding hydrogens is 440 g/mol. The molecule has 174 valence electrons. The van der Waals surface area contributed by atoms with E-state index in [1.807, 2.05) is 0 Å². The highest BCUT2D eigenvalue weighted by atomic mass is 32.1. The number of amides is 2. The van der Waals surface area contributed by atoms with Gasteiger partial charge in [-0.05, 0) is 45.1 Å². The van der Waals surface area contributed by atoms with Crippen LogP contribution in [-0.2, 0) is 9.53 Å². The summed E-state index contributed by atoms with van der Waals surface area (Å²) in [6, 6.07) is 1.61. The molecule has 12 heteroatoms. The lowest BCUT2D eigenvalue weighted by Gasteiger charge is -2.19. The first kappa shape index (κ1) is 24.9. The number of carbonyl (C=O) groups is 3. The molecule has 2 aromatic rings. The summed E-state index contributed by atoms with van der Waals surface area (Å²) in [5.74, 6) is -2.85. The van der Waals surface area contributed by atoms with Crippen LogP contribution in [0.15, 0.2) is 16.2 Å². The number of rotatable bonds is 9. The van der Waals surface area contributed by atoms with E-state index < -0.39 is 34.7 Å². The Kier molecular flexibility index (Phi) is 8.35. The van der Waals surface area contributed by atoms with Crippen molar-refractivity contribution >= 4 is 35.0 Å². The molecular formula is C20H26N4O7S. The number of H-pyrrole nitrogens is 1. The number of aromatic amines is 1. The van der Waals surface area contributed by atoms with Gasteiger partial charge in [-0.15, -0.1) is 11.3 Å². The van der Waals surface area contributed by atoms with Gasteiger partial charge in [-0.1, -0.05) is 6.42 Å². The number of nitrogens with one attached hydrogen (secondary N) is 3. The van der Waals surface area contributed by atoms with Crippen LogP contribution in [0.25, 0.3) is 10.7 Å². The van der Waals surface area contributed by atoms with E-state index in [0.717, 1.165) is 11.3 Å². The van der Waals surface area contributed by atoms with Crippen LogP contribution in [0, 0.1) is 0 Å². The standard InChI is InChI=1S/C20H26N4O7S/c1-20(2,3)31-19(30)21-9-6-4-5-7-12(25)22-11-8-10-32-15(11)16-23-13(18(28)29)14(26)17(27)24-16/h8,10,26H,4-7,9H2,1-3H3,(H,21,30)(H,22,25)(H,28,29)(H,23,24,27). The van der Waals surface area contributed by atoms with Gasteiger partial charge in [0, 0.05) is 13.0 Å². The Morgan fingerprint density at radius 1 is 1.22 bits per heavy atom. The fraction of sp³-hybridized carbons (Fsp3) is 0.450. The molecule has 2 heterocycles. The highest BCUT2D eigenvalue weighted by Crippen LogP contribution is 2.31. The average Bonchev–Trinajstić information content (AvgIpc) is 3.13. The molecule has 2 aromatic heterocycles. The number of carboxylic acids is 1. The van der Waals surface area contributed by atoms with Gasteiger partial charge in [0.2, 0.25) is 11.7 Å². The second-order valence-corrected chi connectivity index (χ2v) is 8.78. The Balaban J connectivity index is 1.85. The van der Waals surface area contributed by atoms with Crippen LogP contribution < -0.4 is 16.2 Å². The Labute approximate surface area is 187 Å². The summed E-state index contributed by atoms with van der Waals surface area (Å²) >= 11 is 1.15. The second-order valence-electron chi connectivity index (χ2n) is 7.87. The topological polar surface area (TPSA) is 171 Å². The molecule has 2 rings (SSSR count). The van der Waals surface area contributed by atoms with Crippen LogP contribution in [0.1, 0.15) is 56.9 Å². The number of hydrogen-bond donors (Lipinski definition) is 5. The van der Waals surface area contributed by atoms with Crippen molar-refractivity contribution in [3.63, 3.8) is 0 Å². The number of aromatic hydroxyl groups is 1. The minimum atomic E-state index is -1.54. The third kappa shape index (κ3) is 7.38. The van der Waals surface area contributed by atoms with Gasteiger partial charge in [0.1, 0.15) is 5.60 Å². The van der Waals surface area contributed by atoms with Gasteiger partial charge in [-0.3, -0.25) is 9.59 Å². The number of aromatic nitrogens is 2. The van der Waals surface area contributed by atoms with Crippen molar-refractivity contribution in [3.05, 3.63) is 27.5 Å². The molecule has 0 aromatic carbocycles. The van der Waals surface area contributed by atoms with Gasteiger partial charge < -0.3 is 30.6 Å². The van der Waals surface area contributed by atoms with Crippen molar-refractivity contribution in [1.29, 1.82) is 0 Å². The predicted octanol–water partition coefficient (Wildman–Crippen LogP) is 2.93. The zero-order valence-electron chi connectivity index (χ0n) is 18.0. The smallest absolute Gasteiger partial charge is 0.407 e. The predicted molar refractivity (Wildman–Crippen MR) is 118 cm³/mol. The zero-order valence-corrected chi connectivity index (χ0v) is 18.8. The van der Waals surface area contributed by atoms with Crippen LogP contribution in [0.4, 0.5) is 10.5 Å². The van der Waals surface area contributed by atoms with Gasteiger partial charge in [0.05, 0.1) is 10.6 Å². The van der Waals surface area contributed by atoms with Crippen LogP contribution in [0.2, 0.25) is 0 Å². The lowest BCUT2D eigenvalue weighted by atomic mass is 10.2. The highest BCUT2D eigenvalue weighted by molar-refractivity contribution is 7.14. The normalized spacial score (nSPS) is 11.1.